The predicted octanol–water partition coefficient (Wildman–Crippen LogP) is 1.89. The molecule has 6 heteroatoms. The van der Waals surface area contributed by atoms with Crippen LogP contribution < -0.4 is 0 Å². The lowest BCUT2D eigenvalue weighted by Gasteiger charge is -2.20. The SMILES string of the molecule is CC1CC(C)N(CCS(=O)(=O)c2cccc(C(=O)O)c2)C1. The van der Waals surface area contributed by atoms with Crippen molar-refractivity contribution in [3.8, 4) is 0 Å². The van der Waals surface area contributed by atoms with Gasteiger partial charge in [0.1, 0.15) is 0 Å². The van der Waals surface area contributed by atoms with E-state index in [1.807, 2.05) is 0 Å². The number of rotatable bonds is 5. The maximum Gasteiger partial charge on any atom is 0.335 e. The second kappa shape index (κ2) is 6.15. The van der Waals surface area contributed by atoms with Crippen LogP contribution >= 0.6 is 0 Å². The van der Waals surface area contributed by atoms with Gasteiger partial charge in [-0.25, -0.2) is 13.2 Å². The van der Waals surface area contributed by atoms with Crippen LogP contribution in [0.3, 0.4) is 0 Å². The van der Waals surface area contributed by atoms with E-state index >= 15 is 0 Å². The number of aromatic carboxylic acids is 1. The molecule has 2 rings (SSSR count). The van der Waals surface area contributed by atoms with Crippen LogP contribution in [0.1, 0.15) is 30.6 Å². The average Bonchev–Trinajstić information content (AvgIpc) is 2.75. The fourth-order valence-corrected chi connectivity index (χ4v) is 4.18. The minimum absolute atomic E-state index is 0.000706. The topological polar surface area (TPSA) is 74.7 Å². The van der Waals surface area contributed by atoms with Crippen LogP contribution in [0.5, 0.6) is 0 Å². The van der Waals surface area contributed by atoms with Crippen LogP contribution in [0.15, 0.2) is 29.2 Å². The summed E-state index contributed by atoms with van der Waals surface area (Å²) in [5.74, 6) is -0.500. The summed E-state index contributed by atoms with van der Waals surface area (Å²) in [6, 6.07) is 5.95. The molecule has 21 heavy (non-hydrogen) atoms. The molecule has 1 aromatic rings. The summed E-state index contributed by atoms with van der Waals surface area (Å²) in [5.41, 5.74) is -0.000706. The number of nitrogens with zero attached hydrogens (tertiary/aromatic N) is 1. The molecule has 1 aliphatic heterocycles. The lowest BCUT2D eigenvalue weighted by atomic mass is 10.1. The van der Waals surface area contributed by atoms with Gasteiger partial charge in [-0.2, -0.15) is 0 Å². The van der Waals surface area contributed by atoms with Crippen LogP contribution in [0.25, 0.3) is 0 Å². The first-order chi connectivity index (χ1) is 9.79. The third-order valence-corrected chi connectivity index (χ3v) is 5.69. The monoisotopic (exact) mass is 311 g/mol. The number of carbonyl (C=O) groups is 1. The van der Waals surface area contributed by atoms with Gasteiger partial charge < -0.3 is 5.11 Å². The number of carboxylic acid groups (broad SMARTS) is 1. The van der Waals surface area contributed by atoms with Crippen molar-refractivity contribution in [3.63, 3.8) is 0 Å². The van der Waals surface area contributed by atoms with Crippen LogP contribution in [0.2, 0.25) is 0 Å². The molecule has 0 spiro atoms. The second-order valence-electron chi connectivity index (χ2n) is 5.84. The van der Waals surface area contributed by atoms with Gasteiger partial charge in [0, 0.05) is 19.1 Å². The number of hydrogen-bond donors (Lipinski definition) is 1. The standard InChI is InChI=1S/C15H21NO4S/c1-11-8-12(2)16(10-11)6-7-21(19,20)14-5-3-4-13(9-14)15(17)18/h3-5,9,11-12H,6-8,10H2,1-2H3,(H,17,18). The van der Waals surface area contributed by atoms with E-state index in [2.05, 4.69) is 18.7 Å². The Balaban J connectivity index is 2.08. The Hall–Kier alpha value is -1.40. The predicted molar refractivity (Wildman–Crippen MR) is 80.3 cm³/mol. The molecule has 0 bridgehead atoms. The van der Waals surface area contributed by atoms with Crippen molar-refractivity contribution in [1.82, 2.24) is 4.90 Å². The normalized spacial score (nSPS) is 23.3. The molecule has 1 fully saturated rings. The summed E-state index contributed by atoms with van der Waals surface area (Å²) in [7, 11) is -3.45. The summed E-state index contributed by atoms with van der Waals surface area (Å²) in [4.78, 5) is 13.2. The first-order valence-corrected chi connectivity index (χ1v) is 8.75. The van der Waals surface area contributed by atoms with Crippen LogP contribution in [-0.2, 0) is 9.84 Å². The highest BCUT2D eigenvalue weighted by molar-refractivity contribution is 7.91. The lowest BCUT2D eigenvalue weighted by Crippen LogP contribution is -2.32. The third kappa shape index (κ3) is 3.83. The van der Waals surface area contributed by atoms with E-state index in [-0.39, 0.29) is 16.2 Å². The molecular formula is C15H21NO4S. The molecule has 1 N–H and O–H groups in total. The molecular weight excluding hydrogens is 290 g/mol. The van der Waals surface area contributed by atoms with Gasteiger partial charge in [0.25, 0.3) is 0 Å². The fourth-order valence-electron chi connectivity index (χ4n) is 2.88. The largest absolute Gasteiger partial charge is 0.478 e. The van der Waals surface area contributed by atoms with E-state index in [4.69, 9.17) is 5.11 Å². The van der Waals surface area contributed by atoms with Gasteiger partial charge in [-0.05, 0) is 37.5 Å². The number of carboxylic acids is 1. The Morgan fingerprint density at radius 3 is 2.67 bits per heavy atom. The second-order valence-corrected chi connectivity index (χ2v) is 7.95. The summed E-state index contributed by atoms with van der Waals surface area (Å²) in [6.07, 6.45) is 1.09. The first kappa shape index (κ1) is 16.0. The van der Waals surface area contributed by atoms with Crippen molar-refractivity contribution in [1.29, 1.82) is 0 Å². The Bertz CT molecular complexity index is 626. The van der Waals surface area contributed by atoms with E-state index in [1.165, 1.54) is 24.3 Å². The van der Waals surface area contributed by atoms with Gasteiger partial charge in [-0.3, -0.25) is 4.90 Å². The van der Waals surface area contributed by atoms with Crippen molar-refractivity contribution >= 4 is 15.8 Å². The highest BCUT2D eigenvalue weighted by atomic mass is 32.2. The van der Waals surface area contributed by atoms with Crippen LogP contribution in [0, 0.1) is 5.92 Å². The van der Waals surface area contributed by atoms with Gasteiger partial charge in [0.05, 0.1) is 16.2 Å². The zero-order valence-electron chi connectivity index (χ0n) is 12.3. The first-order valence-electron chi connectivity index (χ1n) is 7.10. The number of likely N-dealkylation sites (tertiary alicyclic amines) is 1. The van der Waals surface area contributed by atoms with E-state index in [0.717, 1.165) is 13.0 Å². The maximum atomic E-state index is 12.3. The Morgan fingerprint density at radius 1 is 1.38 bits per heavy atom. The lowest BCUT2D eigenvalue weighted by molar-refractivity contribution is 0.0696. The van der Waals surface area contributed by atoms with Crippen molar-refractivity contribution in [2.24, 2.45) is 5.92 Å². The molecule has 1 aromatic carbocycles. The zero-order valence-corrected chi connectivity index (χ0v) is 13.1. The van der Waals surface area contributed by atoms with Crippen molar-refractivity contribution in [2.45, 2.75) is 31.2 Å². The highest BCUT2D eigenvalue weighted by Gasteiger charge is 2.27. The Morgan fingerprint density at radius 2 is 2.10 bits per heavy atom. The number of hydrogen-bond acceptors (Lipinski definition) is 4. The Labute approximate surface area is 125 Å². The van der Waals surface area contributed by atoms with Crippen molar-refractivity contribution in [3.05, 3.63) is 29.8 Å². The molecule has 1 aliphatic rings. The average molecular weight is 311 g/mol. The number of sulfone groups is 1. The molecule has 0 amide bonds. The minimum Gasteiger partial charge on any atom is -0.478 e. The quantitative estimate of drug-likeness (QED) is 0.899. The van der Waals surface area contributed by atoms with Gasteiger partial charge in [0.15, 0.2) is 9.84 Å². The summed E-state index contributed by atoms with van der Waals surface area (Å²) in [6.45, 7) is 5.69. The van der Waals surface area contributed by atoms with Gasteiger partial charge in [-0.1, -0.05) is 13.0 Å². The third-order valence-electron chi connectivity index (χ3n) is 4.00. The smallest absolute Gasteiger partial charge is 0.335 e. The molecule has 0 aliphatic carbocycles. The molecule has 0 radical (unpaired) electrons. The number of benzene rings is 1. The molecule has 2 atom stereocenters. The molecule has 1 heterocycles. The van der Waals surface area contributed by atoms with E-state index in [9.17, 15) is 13.2 Å². The van der Waals surface area contributed by atoms with E-state index in [0.29, 0.717) is 18.5 Å². The summed E-state index contributed by atoms with van der Waals surface area (Å²) in [5, 5.41) is 8.94. The molecule has 0 saturated carbocycles. The molecule has 0 aromatic heterocycles. The molecule has 1 saturated heterocycles. The highest BCUT2D eigenvalue weighted by Crippen LogP contribution is 2.22. The molecule has 2 unspecified atom stereocenters. The molecule has 5 nitrogen and oxygen atoms in total. The summed E-state index contributed by atoms with van der Waals surface area (Å²) >= 11 is 0. The van der Waals surface area contributed by atoms with Gasteiger partial charge in [0.2, 0.25) is 0 Å². The summed E-state index contributed by atoms with van der Waals surface area (Å²) < 4.78 is 24.7. The van der Waals surface area contributed by atoms with Crippen molar-refractivity contribution < 1.29 is 18.3 Å². The van der Waals surface area contributed by atoms with Gasteiger partial charge in [-0.15, -0.1) is 0 Å². The van der Waals surface area contributed by atoms with Crippen molar-refractivity contribution in [2.75, 3.05) is 18.8 Å². The van der Waals surface area contributed by atoms with Crippen LogP contribution in [-0.4, -0.2) is 49.3 Å². The van der Waals surface area contributed by atoms with Crippen LogP contribution in [0.4, 0.5) is 0 Å². The van der Waals surface area contributed by atoms with E-state index < -0.39 is 15.8 Å². The maximum absolute atomic E-state index is 12.3. The van der Waals surface area contributed by atoms with Gasteiger partial charge >= 0.3 is 5.97 Å². The Kier molecular flexibility index (Phi) is 4.68. The zero-order chi connectivity index (χ0) is 15.6. The minimum atomic E-state index is -3.45. The fraction of sp³-hybridized carbons (Fsp3) is 0.533. The van der Waals surface area contributed by atoms with E-state index in [1.54, 1.807) is 0 Å². The molecule has 116 valence electrons.